The molecular formula is C8H8N4O2. The molecule has 6 heteroatoms. The van der Waals surface area contributed by atoms with Crippen molar-refractivity contribution in [3.05, 3.63) is 28.4 Å². The van der Waals surface area contributed by atoms with Gasteiger partial charge in [0.05, 0.1) is 17.5 Å². The van der Waals surface area contributed by atoms with Crippen molar-refractivity contribution in [2.45, 2.75) is 6.92 Å². The van der Waals surface area contributed by atoms with Gasteiger partial charge in [0.25, 0.3) is 5.56 Å². The van der Waals surface area contributed by atoms with E-state index >= 15 is 0 Å². The highest BCUT2D eigenvalue weighted by Crippen LogP contribution is 2.17. The Hall–Kier alpha value is -2.11. The monoisotopic (exact) mass is 192 g/mol. The zero-order valence-corrected chi connectivity index (χ0v) is 7.44. The van der Waals surface area contributed by atoms with Crippen molar-refractivity contribution in [3.63, 3.8) is 0 Å². The molecule has 0 saturated heterocycles. The van der Waals surface area contributed by atoms with Gasteiger partial charge < -0.3 is 10.3 Å². The Labute approximate surface area is 78.8 Å². The molecule has 2 rings (SSSR count). The van der Waals surface area contributed by atoms with E-state index in [1.54, 1.807) is 6.92 Å². The van der Waals surface area contributed by atoms with Gasteiger partial charge in [-0.05, 0) is 6.92 Å². The number of H-pyrrole nitrogens is 1. The minimum absolute atomic E-state index is 0.0804. The Morgan fingerprint density at radius 1 is 1.57 bits per heavy atom. The topological polar surface area (TPSA) is 97.8 Å². The first-order valence-electron chi connectivity index (χ1n) is 3.94. The maximum atomic E-state index is 11.3. The number of nitrogen functional groups attached to an aromatic ring is 1. The number of nitrogens with two attached hydrogens (primary N) is 1. The molecular weight excluding hydrogens is 184 g/mol. The van der Waals surface area contributed by atoms with Crippen molar-refractivity contribution >= 4 is 5.95 Å². The first-order chi connectivity index (χ1) is 6.68. The highest BCUT2D eigenvalue weighted by molar-refractivity contribution is 5.60. The van der Waals surface area contributed by atoms with Crippen molar-refractivity contribution < 1.29 is 4.52 Å². The van der Waals surface area contributed by atoms with Crippen LogP contribution in [0.25, 0.3) is 11.3 Å². The lowest BCUT2D eigenvalue weighted by Gasteiger charge is -2.00. The van der Waals surface area contributed by atoms with Crippen LogP contribution in [-0.4, -0.2) is 15.1 Å². The van der Waals surface area contributed by atoms with E-state index in [4.69, 9.17) is 5.73 Å². The number of nitrogens with one attached hydrogen (secondary N) is 1. The van der Waals surface area contributed by atoms with Crippen LogP contribution in [0.5, 0.6) is 0 Å². The summed E-state index contributed by atoms with van der Waals surface area (Å²) in [4.78, 5) is 17.7. The quantitative estimate of drug-likeness (QED) is 0.677. The lowest BCUT2D eigenvalue weighted by molar-refractivity contribution is 0.420. The smallest absolute Gasteiger partial charge is 0.255 e. The molecule has 2 aromatic heterocycles. The SMILES string of the molecule is Cc1c(-c2cnoc2)nc(N)[nH]c1=O. The molecule has 2 aromatic rings. The molecule has 3 N–H and O–H groups in total. The Balaban J connectivity index is 2.70. The van der Waals surface area contributed by atoms with E-state index < -0.39 is 0 Å². The third kappa shape index (κ3) is 1.26. The molecule has 72 valence electrons. The Morgan fingerprint density at radius 3 is 3.00 bits per heavy atom. The van der Waals surface area contributed by atoms with Crippen molar-refractivity contribution in [1.82, 2.24) is 15.1 Å². The highest BCUT2D eigenvalue weighted by Gasteiger charge is 2.09. The van der Waals surface area contributed by atoms with Crippen LogP contribution in [0.1, 0.15) is 5.56 Å². The second kappa shape index (κ2) is 2.99. The maximum absolute atomic E-state index is 11.3. The molecule has 0 spiro atoms. The number of hydrogen-bond acceptors (Lipinski definition) is 5. The van der Waals surface area contributed by atoms with E-state index in [-0.39, 0.29) is 11.5 Å². The molecule has 0 bridgehead atoms. The van der Waals surface area contributed by atoms with Crippen LogP contribution in [0.2, 0.25) is 0 Å². The molecule has 0 aliphatic heterocycles. The van der Waals surface area contributed by atoms with E-state index in [9.17, 15) is 4.79 Å². The molecule has 0 aliphatic carbocycles. The van der Waals surface area contributed by atoms with Gasteiger partial charge in [0, 0.05) is 5.56 Å². The first-order valence-corrected chi connectivity index (χ1v) is 3.94. The lowest BCUT2D eigenvalue weighted by atomic mass is 10.1. The molecule has 0 atom stereocenters. The summed E-state index contributed by atoms with van der Waals surface area (Å²) in [7, 11) is 0. The molecule has 0 fully saturated rings. The molecule has 0 aromatic carbocycles. The second-order valence-electron chi connectivity index (χ2n) is 2.84. The van der Waals surface area contributed by atoms with Gasteiger partial charge in [0.1, 0.15) is 6.26 Å². The lowest BCUT2D eigenvalue weighted by Crippen LogP contribution is -2.15. The number of anilines is 1. The molecule has 0 amide bonds. The van der Waals surface area contributed by atoms with Crippen LogP contribution in [-0.2, 0) is 0 Å². The van der Waals surface area contributed by atoms with Gasteiger partial charge in [0.2, 0.25) is 5.95 Å². The van der Waals surface area contributed by atoms with Crippen LogP contribution in [0.3, 0.4) is 0 Å². The summed E-state index contributed by atoms with van der Waals surface area (Å²) < 4.78 is 4.66. The van der Waals surface area contributed by atoms with Crippen LogP contribution in [0, 0.1) is 6.92 Å². The largest absolute Gasteiger partial charge is 0.369 e. The molecule has 0 aliphatic rings. The summed E-state index contributed by atoms with van der Waals surface area (Å²) in [6.07, 6.45) is 2.89. The zero-order chi connectivity index (χ0) is 10.1. The van der Waals surface area contributed by atoms with E-state index in [1.807, 2.05) is 0 Å². The molecule has 0 radical (unpaired) electrons. The molecule has 0 unspecified atom stereocenters. The summed E-state index contributed by atoms with van der Waals surface area (Å²) in [5.41, 5.74) is 6.78. The Bertz CT molecular complexity index is 501. The van der Waals surface area contributed by atoms with Gasteiger partial charge >= 0.3 is 0 Å². The van der Waals surface area contributed by atoms with E-state index in [0.717, 1.165) is 0 Å². The fourth-order valence-electron chi connectivity index (χ4n) is 1.15. The summed E-state index contributed by atoms with van der Waals surface area (Å²) in [6.45, 7) is 1.66. The molecule has 0 saturated carbocycles. The van der Waals surface area contributed by atoms with Gasteiger partial charge in [0.15, 0.2) is 0 Å². The number of aromatic nitrogens is 3. The van der Waals surface area contributed by atoms with E-state index in [1.165, 1.54) is 12.5 Å². The van der Waals surface area contributed by atoms with Crippen molar-refractivity contribution in [3.8, 4) is 11.3 Å². The summed E-state index contributed by atoms with van der Waals surface area (Å²) in [6, 6.07) is 0. The standard InChI is InChI=1S/C8H8N4O2/c1-4-6(5-2-10-14-3-5)11-8(9)12-7(4)13/h2-3H,1H3,(H3,9,11,12,13). The molecule has 6 nitrogen and oxygen atoms in total. The summed E-state index contributed by atoms with van der Waals surface area (Å²) in [5, 5.41) is 3.53. The Morgan fingerprint density at radius 2 is 2.36 bits per heavy atom. The second-order valence-corrected chi connectivity index (χ2v) is 2.84. The van der Waals surface area contributed by atoms with Gasteiger partial charge in [-0.3, -0.25) is 9.78 Å². The highest BCUT2D eigenvalue weighted by atomic mass is 16.5. The predicted octanol–water partition coefficient (Wildman–Crippen LogP) is 0.316. The third-order valence-corrected chi connectivity index (χ3v) is 1.88. The Kier molecular flexibility index (Phi) is 1.81. The minimum Gasteiger partial charge on any atom is -0.369 e. The van der Waals surface area contributed by atoms with Crippen molar-refractivity contribution in [1.29, 1.82) is 0 Å². The number of rotatable bonds is 1. The molecule has 14 heavy (non-hydrogen) atoms. The third-order valence-electron chi connectivity index (χ3n) is 1.88. The molecule has 2 heterocycles. The van der Waals surface area contributed by atoms with Crippen LogP contribution >= 0.6 is 0 Å². The number of nitrogens with zero attached hydrogens (tertiary/aromatic N) is 2. The van der Waals surface area contributed by atoms with Gasteiger partial charge in [-0.15, -0.1) is 0 Å². The predicted molar refractivity (Wildman–Crippen MR) is 49.5 cm³/mol. The average Bonchev–Trinajstić information content (AvgIpc) is 2.63. The summed E-state index contributed by atoms with van der Waals surface area (Å²) >= 11 is 0. The van der Waals surface area contributed by atoms with Crippen molar-refractivity contribution in [2.75, 3.05) is 5.73 Å². The fraction of sp³-hybridized carbons (Fsp3) is 0.125. The van der Waals surface area contributed by atoms with Gasteiger partial charge in [-0.2, -0.15) is 0 Å². The van der Waals surface area contributed by atoms with Crippen LogP contribution in [0.15, 0.2) is 21.8 Å². The van der Waals surface area contributed by atoms with Gasteiger partial charge in [-0.25, -0.2) is 4.98 Å². The average molecular weight is 192 g/mol. The number of hydrogen-bond donors (Lipinski definition) is 2. The van der Waals surface area contributed by atoms with Gasteiger partial charge in [-0.1, -0.05) is 5.16 Å². The number of aromatic amines is 1. The van der Waals surface area contributed by atoms with Crippen LogP contribution in [0.4, 0.5) is 5.95 Å². The maximum Gasteiger partial charge on any atom is 0.255 e. The fourth-order valence-corrected chi connectivity index (χ4v) is 1.15. The summed E-state index contributed by atoms with van der Waals surface area (Å²) in [5.74, 6) is 0.0804. The minimum atomic E-state index is -0.256. The van der Waals surface area contributed by atoms with E-state index in [2.05, 4.69) is 19.6 Å². The van der Waals surface area contributed by atoms with E-state index in [0.29, 0.717) is 16.8 Å². The van der Waals surface area contributed by atoms with Crippen LogP contribution < -0.4 is 11.3 Å². The van der Waals surface area contributed by atoms with Crippen molar-refractivity contribution in [2.24, 2.45) is 0 Å². The zero-order valence-electron chi connectivity index (χ0n) is 7.44. The normalized spacial score (nSPS) is 10.4. The first kappa shape index (κ1) is 8.49.